The van der Waals surface area contributed by atoms with Gasteiger partial charge in [-0.15, -0.1) is 0 Å². The van der Waals surface area contributed by atoms with Crippen LogP contribution in [0.4, 0.5) is 0 Å². The summed E-state index contributed by atoms with van der Waals surface area (Å²) < 4.78 is 0.688. The normalized spacial score (nSPS) is 10.0. The average molecular weight is 222 g/mol. The average Bonchev–Trinajstić information content (AvgIpc) is 2.43. The molecule has 1 N–H and O–H groups in total. The Labute approximate surface area is 77.2 Å². The van der Waals surface area contributed by atoms with Gasteiger partial charge >= 0.3 is 0 Å². The summed E-state index contributed by atoms with van der Waals surface area (Å²) in [5.74, 6) is 0. The van der Waals surface area contributed by atoms with E-state index >= 15 is 0 Å². The smallest absolute Gasteiger partial charge is 0.175 e. The molecule has 2 rings (SSSR count). The third-order valence-electron chi connectivity index (χ3n) is 1.58. The Hall–Kier alpha value is -1.34. The van der Waals surface area contributed by atoms with Gasteiger partial charge in [-0.1, -0.05) is 0 Å². The van der Waals surface area contributed by atoms with Gasteiger partial charge in [0.2, 0.25) is 0 Å². The Morgan fingerprint density at radius 2 is 2.33 bits per heavy atom. The van der Waals surface area contributed by atoms with E-state index in [1.54, 1.807) is 12.1 Å². The number of halogens is 1. The minimum Gasteiger partial charge on any atom is -0.332 e. The summed E-state index contributed by atoms with van der Waals surface area (Å²) in [5, 5.41) is 8.61. The zero-order valence-corrected chi connectivity index (χ0v) is 7.59. The molecule has 1 aromatic heterocycles. The van der Waals surface area contributed by atoms with Crippen molar-refractivity contribution in [1.82, 2.24) is 9.97 Å². The lowest BCUT2D eigenvalue weighted by atomic mass is 10.2. The first-order chi connectivity index (χ1) is 5.79. The van der Waals surface area contributed by atoms with Gasteiger partial charge < -0.3 is 4.98 Å². The van der Waals surface area contributed by atoms with Crippen LogP contribution in [0.5, 0.6) is 0 Å². The molecule has 0 saturated heterocycles. The monoisotopic (exact) mass is 221 g/mol. The molecule has 0 aliphatic carbocycles. The van der Waals surface area contributed by atoms with Crippen LogP contribution in [-0.2, 0) is 0 Å². The number of aromatic amines is 1. The van der Waals surface area contributed by atoms with Crippen molar-refractivity contribution in [2.24, 2.45) is 0 Å². The molecule has 3 nitrogen and oxygen atoms in total. The number of nitrogens with zero attached hydrogens (tertiary/aromatic N) is 2. The van der Waals surface area contributed by atoms with Crippen LogP contribution >= 0.6 is 15.9 Å². The second-order valence-electron chi connectivity index (χ2n) is 2.37. The van der Waals surface area contributed by atoms with Crippen molar-refractivity contribution < 1.29 is 0 Å². The summed E-state index contributed by atoms with van der Waals surface area (Å²) in [5.41, 5.74) is 2.38. The van der Waals surface area contributed by atoms with E-state index in [9.17, 15) is 0 Å². The maximum absolute atomic E-state index is 8.61. The van der Waals surface area contributed by atoms with Crippen LogP contribution in [0.15, 0.2) is 22.9 Å². The molecular weight excluding hydrogens is 218 g/mol. The van der Waals surface area contributed by atoms with Gasteiger partial charge in [0.05, 0.1) is 22.7 Å². The zero-order valence-electron chi connectivity index (χ0n) is 6.00. The molecule has 0 fully saturated rings. The van der Waals surface area contributed by atoms with Crippen molar-refractivity contribution in [2.75, 3.05) is 0 Å². The van der Waals surface area contributed by atoms with Crippen molar-refractivity contribution in [2.45, 2.75) is 0 Å². The summed E-state index contributed by atoms with van der Waals surface area (Å²) in [6, 6.07) is 7.40. The van der Waals surface area contributed by atoms with Gasteiger partial charge in [0, 0.05) is 0 Å². The van der Waals surface area contributed by atoms with Gasteiger partial charge in [0.1, 0.15) is 0 Å². The molecule has 1 aromatic carbocycles. The van der Waals surface area contributed by atoms with E-state index < -0.39 is 0 Å². The van der Waals surface area contributed by atoms with Crippen LogP contribution in [0.2, 0.25) is 0 Å². The molecule has 0 saturated carbocycles. The zero-order chi connectivity index (χ0) is 8.55. The van der Waals surface area contributed by atoms with E-state index in [-0.39, 0.29) is 0 Å². The number of imidazole rings is 1. The number of hydrogen-bond donors (Lipinski definition) is 1. The number of aromatic nitrogens is 2. The van der Waals surface area contributed by atoms with Gasteiger partial charge in [-0.25, -0.2) is 4.98 Å². The molecule has 1 heterocycles. The van der Waals surface area contributed by atoms with Gasteiger partial charge in [0.25, 0.3) is 0 Å². The summed E-state index contributed by atoms with van der Waals surface area (Å²) in [6.45, 7) is 0. The lowest BCUT2D eigenvalue weighted by Crippen LogP contribution is -1.73. The summed E-state index contributed by atoms with van der Waals surface area (Å²) in [7, 11) is 0. The van der Waals surface area contributed by atoms with Crippen LogP contribution in [0.25, 0.3) is 11.0 Å². The number of nitrogens with one attached hydrogen (secondary N) is 1. The molecule has 0 aliphatic rings. The highest BCUT2D eigenvalue weighted by Gasteiger charge is 1.99. The first kappa shape index (κ1) is 7.32. The number of rotatable bonds is 0. The van der Waals surface area contributed by atoms with E-state index in [4.69, 9.17) is 5.26 Å². The molecule has 0 unspecified atom stereocenters. The maximum Gasteiger partial charge on any atom is 0.175 e. The third kappa shape index (κ3) is 1.08. The van der Waals surface area contributed by atoms with Crippen molar-refractivity contribution in [3.8, 4) is 6.07 Å². The van der Waals surface area contributed by atoms with Crippen molar-refractivity contribution >= 4 is 27.0 Å². The minimum absolute atomic E-state index is 0.638. The third-order valence-corrected chi connectivity index (χ3v) is 1.96. The lowest BCUT2D eigenvalue weighted by molar-refractivity contribution is 1.27. The Balaban J connectivity index is 2.77. The molecule has 4 heteroatoms. The summed E-state index contributed by atoms with van der Waals surface area (Å²) >= 11 is 3.22. The van der Waals surface area contributed by atoms with Crippen LogP contribution < -0.4 is 0 Å². The van der Waals surface area contributed by atoms with Gasteiger partial charge in [-0.05, 0) is 34.1 Å². The predicted molar refractivity (Wildman–Crippen MR) is 48.5 cm³/mol. The minimum atomic E-state index is 0.638. The number of nitriles is 1. The Kier molecular flexibility index (Phi) is 1.59. The second kappa shape index (κ2) is 2.61. The van der Waals surface area contributed by atoms with E-state index in [1.807, 2.05) is 6.07 Å². The predicted octanol–water partition coefficient (Wildman–Crippen LogP) is 2.20. The summed E-state index contributed by atoms with van der Waals surface area (Å²) in [4.78, 5) is 7.13. The van der Waals surface area contributed by atoms with Gasteiger partial charge in [-0.3, -0.25) is 0 Å². The lowest BCUT2D eigenvalue weighted by Gasteiger charge is -1.87. The number of hydrogen-bond acceptors (Lipinski definition) is 2. The topological polar surface area (TPSA) is 52.5 Å². The number of benzene rings is 1. The fourth-order valence-corrected chi connectivity index (χ4v) is 1.45. The maximum atomic E-state index is 8.61. The Morgan fingerprint density at radius 3 is 3.08 bits per heavy atom. The fraction of sp³-hybridized carbons (Fsp3) is 0. The quantitative estimate of drug-likeness (QED) is 0.742. The van der Waals surface area contributed by atoms with E-state index in [0.717, 1.165) is 11.0 Å². The first-order valence-electron chi connectivity index (χ1n) is 3.35. The molecule has 12 heavy (non-hydrogen) atoms. The molecule has 0 aliphatic heterocycles. The molecule has 0 radical (unpaired) electrons. The molecular formula is C8H4BrN3. The second-order valence-corrected chi connectivity index (χ2v) is 3.12. The van der Waals surface area contributed by atoms with Crippen LogP contribution in [0.1, 0.15) is 5.56 Å². The van der Waals surface area contributed by atoms with Crippen LogP contribution in [0.3, 0.4) is 0 Å². The SMILES string of the molecule is N#Cc1ccc2nc(Br)[nH]c2c1. The molecule has 0 spiro atoms. The van der Waals surface area contributed by atoms with Crippen molar-refractivity contribution in [3.05, 3.63) is 28.5 Å². The number of fused-ring (bicyclic) bond motifs is 1. The molecule has 0 bridgehead atoms. The Morgan fingerprint density at radius 1 is 1.50 bits per heavy atom. The van der Waals surface area contributed by atoms with Gasteiger partial charge in [0.15, 0.2) is 4.73 Å². The standard InChI is InChI=1S/C8H4BrN3/c9-8-11-6-2-1-5(4-10)3-7(6)12-8/h1-3H,(H,11,12). The van der Waals surface area contributed by atoms with E-state index in [1.165, 1.54) is 0 Å². The summed E-state index contributed by atoms with van der Waals surface area (Å²) in [6.07, 6.45) is 0. The largest absolute Gasteiger partial charge is 0.332 e. The van der Waals surface area contributed by atoms with Crippen LogP contribution in [0, 0.1) is 11.3 Å². The molecule has 2 aromatic rings. The highest BCUT2D eigenvalue weighted by molar-refractivity contribution is 9.10. The van der Waals surface area contributed by atoms with E-state index in [2.05, 4.69) is 32.0 Å². The van der Waals surface area contributed by atoms with Crippen molar-refractivity contribution in [3.63, 3.8) is 0 Å². The molecule has 0 amide bonds. The van der Waals surface area contributed by atoms with Crippen LogP contribution in [-0.4, -0.2) is 9.97 Å². The van der Waals surface area contributed by atoms with E-state index in [0.29, 0.717) is 10.3 Å². The fourth-order valence-electron chi connectivity index (χ4n) is 1.05. The first-order valence-corrected chi connectivity index (χ1v) is 4.14. The van der Waals surface area contributed by atoms with Crippen molar-refractivity contribution in [1.29, 1.82) is 5.26 Å². The molecule has 0 atom stereocenters. The van der Waals surface area contributed by atoms with Gasteiger partial charge in [-0.2, -0.15) is 5.26 Å². The Bertz CT molecular complexity index is 467. The number of H-pyrrole nitrogens is 1. The highest BCUT2D eigenvalue weighted by atomic mass is 79.9. The molecule has 58 valence electrons. The highest BCUT2D eigenvalue weighted by Crippen LogP contribution is 2.15.